The zero-order valence-corrected chi connectivity index (χ0v) is 14.4. The van der Waals surface area contributed by atoms with Crippen LogP contribution in [0.3, 0.4) is 0 Å². The van der Waals surface area contributed by atoms with E-state index >= 15 is 0 Å². The number of nitrogens with one attached hydrogen (secondary N) is 2. The molecule has 1 saturated heterocycles. The van der Waals surface area contributed by atoms with Crippen LogP contribution in [0.2, 0.25) is 0 Å². The molecule has 0 bridgehead atoms. The van der Waals surface area contributed by atoms with Crippen molar-refractivity contribution >= 4 is 11.4 Å². The molecule has 1 fully saturated rings. The predicted molar refractivity (Wildman–Crippen MR) is 93.5 cm³/mol. The van der Waals surface area contributed by atoms with Crippen LogP contribution in [0.1, 0.15) is 51.2 Å². The molecule has 0 aromatic heterocycles. The highest BCUT2D eigenvalue weighted by Gasteiger charge is 2.38. The van der Waals surface area contributed by atoms with Crippen LogP contribution in [0.4, 0.5) is 11.4 Å². The summed E-state index contributed by atoms with van der Waals surface area (Å²) in [5.74, 6) is 0.501. The third kappa shape index (κ3) is 2.91. The van der Waals surface area contributed by atoms with Crippen LogP contribution in [0.15, 0.2) is 12.1 Å². The number of hydrogen-bond donors (Lipinski definition) is 2. The van der Waals surface area contributed by atoms with Gasteiger partial charge in [-0.3, -0.25) is 0 Å². The molecule has 2 aliphatic heterocycles. The minimum atomic E-state index is 0.501. The SMILES string of the molecule is CC.CNc1cc(C#N)cc2c1NC1CCN(C(C)C)CC21. The normalized spacial score (nSPS) is 22.8. The lowest BCUT2D eigenvalue weighted by Crippen LogP contribution is -2.45. The Morgan fingerprint density at radius 1 is 1.36 bits per heavy atom. The highest BCUT2D eigenvalue weighted by Crippen LogP contribution is 2.44. The zero-order valence-electron chi connectivity index (χ0n) is 14.4. The van der Waals surface area contributed by atoms with Crippen molar-refractivity contribution in [2.45, 2.75) is 52.1 Å². The number of likely N-dealkylation sites (tertiary alicyclic amines) is 1. The van der Waals surface area contributed by atoms with Crippen molar-refractivity contribution in [3.63, 3.8) is 0 Å². The zero-order chi connectivity index (χ0) is 16.3. The van der Waals surface area contributed by atoms with E-state index in [-0.39, 0.29) is 0 Å². The predicted octanol–water partition coefficient (Wildman–Crippen LogP) is 3.62. The first-order chi connectivity index (χ1) is 10.6. The summed E-state index contributed by atoms with van der Waals surface area (Å²) in [6, 6.07) is 7.38. The maximum absolute atomic E-state index is 9.22. The van der Waals surface area contributed by atoms with E-state index in [4.69, 9.17) is 0 Å². The van der Waals surface area contributed by atoms with Gasteiger partial charge in [0.15, 0.2) is 0 Å². The van der Waals surface area contributed by atoms with Gasteiger partial charge in [0.25, 0.3) is 0 Å². The lowest BCUT2D eigenvalue weighted by molar-refractivity contribution is 0.163. The summed E-state index contributed by atoms with van der Waals surface area (Å²) in [5.41, 5.74) is 4.30. The molecular formula is C18H28N4. The molecule has 1 aromatic carbocycles. The minimum absolute atomic E-state index is 0.501. The fourth-order valence-electron chi connectivity index (χ4n) is 3.50. The second-order valence-corrected chi connectivity index (χ2v) is 6.08. The van der Waals surface area contributed by atoms with Crippen LogP contribution < -0.4 is 10.6 Å². The summed E-state index contributed by atoms with van der Waals surface area (Å²) in [6.07, 6.45) is 1.17. The van der Waals surface area contributed by atoms with Crippen molar-refractivity contribution in [1.29, 1.82) is 5.26 Å². The number of fused-ring (bicyclic) bond motifs is 3. The maximum atomic E-state index is 9.22. The van der Waals surface area contributed by atoms with Crippen LogP contribution in [0.5, 0.6) is 0 Å². The van der Waals surface area contributed by atoms with Crippen molar-refractivity contribution in [3.05, 3.63) is 23.3 Å². The van der Waals surface area contributed by atoms with Crippen LogP contribution in [0, 0.1) is 11.3 Å². The van der Waals surface area contributed by atoms with E-state index in [1.54, 1.807) is 0 Å². The molecule has 2 aliphatic rings. The van der Waals surface area contributed by atoms with Gasteiger partial charge in [-0.2, -0.15) is 5.26 Å². The lowest BCUT2D eigenvalue weighted by atomic mass is 9.88. The number of nitrogens with zero attached hydrogens (tertiary/aromatic N) is 2. The van der Waals surface area contributed by atoms with Gasteiger partial charge in [0.2, 0.25) is 0 Å². The Kier molecular flexibility index (Phi) is 5.31. The molecule has 2 heterocycles. The summed E-state index contributed by atoms with van der Waals surface area (Å²) in [4.78, 5) is 2.54. The molecule has 4 nitrogen and oxygen atoms in total. The molecule has 2 unspecified atom stereocenters. The second kappa shape index (κ2) is 7.02. The Morgan fingerprint density at radius 2 is 2.09 bits per heavy atom. The van der Waals surface area contributed by atoms with Gasteiger partial charge in [0.05, 0.1) is 23.0 Å². The summed E-state index contributed by atoms with van der Waals surface area (Å²) in [5, 5.41) is 16.1. The third-order valence-corrected chi connectivity index (χ3v) is 4.67. The first kappa shape index (κ1) is 16.6. The van der Waals surface area contributed by atoms with Gasteiger partial charge in [0, 0.05) is 38.1 Å². The molecule has 0 spiro atoms. The maximum Gasteiger partial charge on any atom is 0.0992 e. The van der Waals surface area contributed by atoms with Crippen LogP contribution in [-0.2, 0) is 0 Å². The molecule has 0 aliphatic carbocycles. The highest BCUT2D eigenvalue weighted by atomic mass is 15.2. The summed E-state index contributed by atoms with van der Waals surface area (Å²) < 4.78 is 0. The summed E-state index contributed by atoms with van der Waals surface area (Å²) in [7, 11) is 1.92. The smallest absolute Gasteiger partial charge is 0.0992 e. The van der Waals surface area contributed by atoms with Crippen molar-refractivity contribution < 1.29 is 0 Å². The van der Waals surface area contributed by atoms with Gasteiger partial charge in [-0.15, -0.1) is 0 Å². The number of anilines is 2. The number of rotatable bonds is 2. The number of benzene rings is 1. The summed E-state index contributed by atoms with van der Waals surface area (Å²) in [6.45, 7) is 10.8. The van der Waals surface area contributed by atoms with Crippen molar-refractivity contribution in [1.82, 2.24) is 4.90 Å². The fourth-order valence-corrected chi connectivity index (χ4v) is 3.50. The van der Waals surface area contributed by atoms with Gasteiger partial charge in [-0.25, -0.2) is 0 Å². The minimum Gasteiger partial charge on any atom is -0.386 e. The van der Waals surface area contributed by atoms with Gasteiger partial charge < -0.3 is 15.5 Å². The van der Waals surface area contributed by atoms with E-state index in [0.717, 1.165) is 24.3 Å². The Morgan fingerprint density at radius 3 is 2.68 bits per heavy atom. The second-order valence-electron chi connectivity index (χ2n) is 6.08. The highest BCUT2D eigenvalue weighted by molar-refractivity contribution is 5.78. The van der Waals surface area contributed by atoms with Gasteiger partial charge >= 0.3 is 0 Å². The van der Waals surface area contributed by atoms with E-state index in [9.17, 15) is 5.26 Å². The number of hydrogen-bond acceptors (Lipinski definition) is 4. The Bertz CT molecular complexity index is 559. The van der Waals surface area contributed by atoms with E-state index in [2.05, 4.69) is 41.5 Å². The molecule has 22 heavy (non-hydrogen) atoms. The number of nitriles is 1. The fraction of sp³-hybridized carbons (Fsp3) is 0.611. The quantitative estimate of drug-likeness (QED) is 0.876. The average molecular weight is 300 g/mol. The molecule has 120 valence electrons. The van der Waals surface area contributed by atoms with E-state index in [1.807, 2.05) is 27.0 Å². The molecule has 4 heteroatoms. The summed E-state index contributed by atoms with van der Waals surface area (Å²) >= 11 is 0. The topological polar surface area (TPSA) is 51.1 Å². The molecule has 2 atom stereocenters. The first-order valence-electron chi connectivity index (χ1n) is 8.40. The third-order valence-electron chi connectivity index (χ3n) is 4.67. The Labute approximate surface area is 134 Å². The molecule has 1 aromatic rings. The van der Waals surface area contributed by atoms with Crippen molar-refractivity contribution in [3.8, 4) is 6.07 Å². The molecular weight excluding hydrogens is 272 g/mol. The number of piperidine rings is 1. The van der Waals surface area contributed by atoms with Crippen molar-refractivity contribution in [2.75, 3.05) is 30.8 Å². The van der Waals surface area contributed by atoms with E-state index < -0.39 is 0 Å². The van der Waals surface area contributed by atoms with Gasteiger partial charge in [-0.1, -0.05) is 13.8 Å². The van der Waals surface area contributed by atoms with Crippen LogP contribution in [-0.4, -0.2) is 37.1 Å². The molecule has 2 N–H and O–H groups in total. The standard InChI is InChI=1S/C16H22N4.C2H6/c1-10(2)20-5-4-14-13(9-20)12-6-11(8-17)7-15(18-3)16(12)19-14;1-2/h6-7,10,13-14,18-19H,4-5,9H2,1-3H3;1-2H3. The lowest BCUT2D eigenvalue weighted by Gasteiger charge is -2.37. The van der Waals surface area contributed by atoms with Gasteiger partial charge in [0.1, 0.15) is 0 Å². The molecule has 0 amide bonds. The first-order valence-corrected chi connectivity index (χ1v) is 8.40. The molecule has 0 saturated carbocycles. The van der Waals surface area contributed by atoms with Crippen LogP contribution in [0.25, 0.3) is 0 Å². The Balaban J connectivity index is 0.000000847. The van der Waals surface area contributed by atoms with E-state index in [1.165, 1.54) is 17.7 Å². The Hall–Kier alpha value is -1.73. The van der Waals surface area contributed by atoms with Crippen LogP contribution >= 0.6 is 0 Å². The van der Waals surface area contributed by atoms with Crippen molar-refractivity contribution in [2.24, 2.45) is 0 Å². The molecule has 0 radical (unpaired) electrons. The monoisotopic (exact) mass is 300 g/mol. The largest absolute Gasteiger partial charge is 0.386 e. The molecule has 3 rings (SSSR count). The van der Waals surface area contributed by atoms with Gasteiger partial charge in [-0.05, 0) is 38.0 Å². The van der Waals surface area contributed by atoms with E-state index in [0.29, 0.717) is 18.0 Å². The average Bonchev–Trinajstić information content (AvgIpc) is 2.93.